The highest BCUT2D eigenvalue weighted by atomic mass is 16.2. The van der Waals surface area contributed by atoms with Crippen LogP contribution >= 0.6 is 0 Å². The van der Waals surface area contributed by atoms with Gasteiger partial charge in [-0.05, 0) is 13.8 Å². The van der Waals surface area contributed by atoms with Crippen molar-refractivity contribution in [2.75, 3.05) is 39.3 Å². The number of amides is 3. The summed E-state index contributed by atoms with van der Waals surface area (Å²) in [7, 11) is 0. The fourth-order valence-electron chi connectivity index (χ4n) is 2.43. The Morgan fingerprint density at radius 1 is 1.04 bits per heavy atom. The first-order chi connectivity index (χ1) is 11.1. The van der Waals surface area contributed by atoms with Crippen molar-refractivity contribution in [1.82, 2.24) is 20.4 Å². The summed E-state index contributed by atoms with van der Waals surface area (Å²) in [6.07, 6.45) is 0.315. The molecule has 0 aromatic heterocycles. The van der Waals surface area contributed by atoms with Crippen molar-refractivity contribution in [2.24, 2.45) is 5.41 Å². The minimum Gasteiger partial charge on any atom is -0.355 e. The molecule has 24 heavy (non-hydrogen) atoms. The highest BCUT2D eigenvalue weighted by molar-refractivity contribution is 5.82. The molecule has 0 bridgehead atoms. The number of hydrogen-bond acceptors (Lipinski definition) is 4. The van der Waals surface area contributed by atoms with Gasteiger partial charge >= 0.3 is 0 Å². The summed E-state index contributed by atoms with van der Waals surface area (Å²) in [6.45, 7) is 12.8. The molecular formula is C17H32N4O3. The zero-order valence-corrected chi connectivity index (χ0v) is 15.6. The van der Waals surface area contributed by atoms with E-state index in [1.165, 1.54) is 0 Å². The molecule has 1 rings (SSSR count). The van der Waals surface area contributed by atoms with Gasteiger partial charge in [-0.3, -0.25) is 19.3 Å². The molecular weight excluding hydrogens is 308 g/mol. The topological polar surface area (TPSA) is 81.8 Å². The average Bonchev–Trinajstić information content (AvgIpc) is 2.45. The number of carbonyl (C=O) groups is 3. The van der Waals surface area contributed by atoms with Gasteiger partial charge in [0.05, 0.1) is 6.54 Å². The van der Waals surface area contributed by atoms with Gasteiger partial charge in [0.1, 0.15) is 0 Å². The van der Waals surface area contributed by atoms with Gasteiger partial charge in [-0.1, -0.05) is 20.8 Å². The number of nitrogens with one attached hydrogen (secondary N) is 2. The van der Waals surface area contributed by atoms with Crippen LogP contribution in [0.2, 0.25) is 0 Å². The third-order valence-electron chi connectivity index (χ3n) is 3.85. The van der Waals surface area contributed by atoms with Crippen LogP contribution in [0.4, 0.5) is 0 Å². The van der Waals surface area contributed by atoms with E-state index < -0.39 is 5.41 Å². The Kier molecular flexibility index (Phi) is 7.66. The SMILES string of the molecule is CC(C)NC(=O)CN1CCN(C(=O)CCNC(=O)C(C)(C)C)CC1. The van der Waals surface area contributed by atoms with Crippen molar-refractivity contribution in [3.05, 3.63) is 0 Å². The lowest BCUT2D eigenvalue weighted by molar-refractivity contribution is -0.133. The van der Waals surface area contributed by atoms with E-state index >= 15 is 0 Å². The molecule has 0 spiro atoms. The van der Waals surface area contributed by atoms with Gasteiger partial charge in [0.25, 0.3) is 0 Å². The van der Waals surface area contributed by atoms with Gasteiger partial charge in [0.15, 0.2) is 0 Å². The summed E-state index contributed by atoms with van der Waals surface area (Å²) in [4.78, 5) is 39.6. The van der Waals surface area contributed by atoms with Crippen LogP contribution in [0.15, 0.2) is 0 Å². The predicted octanol–water partition coefficient (Wildman–Crippen LogP) is 0.208. The number of carbonyl (C=O) groups excluding carboxylic acids is 3. The second-order valence-electron chi connectivity index (χ2n) is 7.64. The summed E-state index contributed by atoms with van der Waals surface area (Å²) >= 11 is 0. The largest absolute Gasteiger partial charge is 0.355 e. The van der Waals surface area contributed by atoms with E-state index in [9.17, 15) is 14.4 Å². The molecule has 0 aromatic carbocycles. The van der Waals surface area contributed by atoms with Crippen molar-refractivity contribution in [2.45, 2.75) is 47.1 Å². The lowest BCUT2D eigenvalue weighted by Gasteiger charge is -2.34. The summed E-state index contributed by atoms with van der Waals surface area (Å²) in [5.74, 6) is 0.0291. The molecule has 138 valence electrons. The van der Waals surface area contributed by atoms with Crippen LogP contribution in [-0.4, -0.2) is 72.8 Å². The summed E-state index contributed by atoms with van der Waals surface area (Å²) < 4.78 is 0. The van der Waals surface area contributed by atoms with Crippen LogP contribution in [0, 0.1) is 5.41 Å². The highest BCUT2D eigenvalue weighted by Gasteiger charge is 2.24. The average molecular weight is 340 g/mol. The Balaban J connectivity index is 2.26. The first-order valence-electron chi connectivity index (χ1n) is 8.67. The molecule has 0 aliphatic carbocycles. The molecule has 0 radical (unpaired) electrons. The maximum Gasteiger partial charge on any atom is 0.234 e. The van der Waals surface area contributed by atoms with Crippen molar-refractivity contribution in [1.29, 1.82) is 0 Å². The smallest absolute Gasteiger partial charge is 0.234 e. The van der Waals surface area contributed by atoms with Crippen LogP contribution in [0.3, 0.4) is 0 Å². The Hall–Kier alpha value is -1.63. The number of nitrogens with zero attached hydrogens (tertiary/aromatic N) is 2. The molecule has 1 saturated heterocycles. The zero-order valence-electron chi connectivity index (χ0n) is 15.6. The van der Waals surface area contributed by atoms with E-state index in [4.69, 9.17) is 0 Å². The molecule has 0 saturated carbocycles. The van der Waals surface area contributed by atoms with Gasteiger partial charge in [-0.15, -0.1) is 0 Å². The highest BCUT2D eigenvalue weighted by Crippen LogP contribution is 2.12. The molecule has 1 aliphatic rings. The van der Waals surface area contributed by atoms with Crippen LogP contribution in [0.5, 0.6) is 0 Å². The Morgan fingerprint density at radius 3 is 2.12 bits per heavy atom. The summed E-state index contributed by atoms with van der Waals surface area (Å²) in [6, 6.07) is 0.142. The lowest BCUT2D eigenvalue weighted by Crippen LogP contribution is -2.52. The van der Waals surface area contributed by atoms with E-state index in [1.807, 2.05) is 34.6 Å². The molecule has 0 atom stereocenters. The first kappa shape index (κ1) is 20.4. The Morgan fingerprint density at radius 2 is 1.62 bits per heavy atom. The van der Waals surface area contributed by atoms with Crippen molar-refractivity contribution in [3.8, 4) is 0 Å². The van der Waals surface area contributed by atoms with Gasteiger partial charge in [0.2, 0.25) is 17.7 Å². The molecule has 7 heteroatoms. The van der Waals surface area contributed by atoms with E-state index in [0.29, 0.717) is 45.7 Å². The standard InChI is InChI=1S/C17H32N4O3/c1-13(2)19-14(22)12-20-8-10-21(11-9-20)15(23)6-7-18-16(24)17(3,4)5/h13H,6-12H2,1-5H3,(H,18,24)(H,19,22). The number of hydrogen-bond donors (Lipinski definition) is 2. The number of rotatable bonds is 6. The molecule has 7 nitrogen and oxygen atoms in total. The van der Waals surface area contributed by atoms with Crippen LogP contribution in [-0.2, 0) is 14.4 Å². The Bertz CT molecular complexity index is 449. The fraction of sp³-hybridized carbons (Fsp3) is 0.824. The van der Waals surface area contributed by atoms with Gasteiger partial charge in [-0.25, -0.2) is 0 Å². The minimum absolute atomic E-state index is 0.0228. The van der Waals surface area contributed by atoms with Crippen molar-refractivity contribution < 1.29 is 14.4 Å². The van der Waals surface area contributed by atoms with Gasteiger partial charge in [0, 0.05) is 50.6 Å². The van der Waals surface area contributed by atoms with Crippen LogP contribution < -0.4 is 10.6 Å². The van der Waals surface area contributed by atoms with E-state index in [-0.39, 0.29) is 23.8 Å². The molecule has 2 N–H and O–H groups in total. The van der Waals surface area contributed by atoms with Crippen molar-refractivity contribution in [3.63, 3.8) is 0 Å². The third-order valence-corrected chi connectivity index (χ3v) is 3.85. The number of piperazine rings is 1. The maximum atomic E-state index is 12.2. The maximum absolute atomic E-state index is 12.2. The van der Waals surface area contributed by atoms with Crippen LogP contribution in [0.25, 0.3) is 0 Å². The second kappa shape index (κ2) is 9.01. The molecule has 0 aromatic rings. The van der Waals surface area contributed by atoms with Crippen molar-refractivity contribution >= 4 is 17.7 Å². The van der Waals surface area contributed by atoms with Crippen LogP contribution in [0.1, 0.15) is 41.0 Å². The van der Waals surface area contributed by atoms with E-state index in [0.717, 1.165) is 0 Å². The summed E-state index contributed by atoms with van der Waals surface area (Å²) in [5, 5.41) is 5.67. The molecule has 0 unspecified atom stereocenters. The fourth-order valence-corrected chi connectivity index (χ4v) is 2.43. The first-order valence-corrected chi connectivity index (χ1v) is 8.67. The van der Waals surface area contributed by atoms with Gasteiger partial charge in [-0.2, -0.15) is 0 Å². The molecule has 3 amide bonds. The normalized spacial score (nSPS) is 16.2. The quantitative estimate of drug-likeness (QED) is 0.724. The molecule has 1 heterocycles. The Labute approximate surface area is 145 Å². The lowest BCUT2D eigenvalue weighted by atomic mass is 9.96. The van der Waals surface area contributed by atoms with E-state index in [2.05, 4.69) is 15.5 Å². The summed E-state index contributed by atoms with van der Waals surface area (Å²) in [5.41, 5.74) is -0.439. The molecule has 1 fully saturated rings. The molecule has 1 aliphatic heterocycles. The van der Waals surface area contributed by atoms with Gasteiger partial charge < -0.3 is 15.5 Å². The minimum atomic E-state index is -0.439. The monoisotopic (exact) mass is 340 g/mol. The zero-order chi connectivity index (χ0) is 18.3. The third kappa shape index (κ3) is 7.29. The second-order valence-corrected chi connectivity index (χ2v) is 7.64. The predicted molar refractivity (Wildman–Crippen MR) is 93.4 cm³/mol. The van der Waals surface area contributed by atoms with E-state index in [1.54, 1.807) is 4.90 Å².